The summed E-state index contributed by atoms with van der Waals surface area (Å²) in [6, 6.07) is 0. The fourth-order valence-corrected chi connectivity index (χ4v) is 1.98. The van der Waals surface area contributed by atoms with Crippen LogP contribution in [0.1, 0.15) is 12.8 Å². The summed E-state index contributed by atoms with van der Waals surface area (Å²) in [7, 11) is 0. The predicted molar refractivity (Wildman–Crippen MR) is 49.4 cm³/mol. The molecule has 0 aromatic rings. The van der Waals surface area contributed by atoms with Crippen LogP contribution in [0.2, 0.25) is 0 Å². The maximum absolute atomic E-state index is 5.50. The van der Waals surface area contributed by atoms with Gasteiger partial charge in [-0.05, 0) is 25.3 Å². The highest BCUT2D eigenvalue weighted by Crippen LogP contribution is 2.09. The molecule has 0 bridgehead atoms. The number of alkyl halides is 2. The summed E-state index contributed by atoms with van der Waals surface area (Å²) >= 11 is 6.78. The third kappa shape index (κ3) is 5.37. The second kappa shape index (κ2) is 7.03. The maximum atomic E-state index is 5.50. The van der Waals surface area contributed by atoms with Crippen LogP contribution in [0.15, 0.2) is 0 Å². The third-order valence-electron chi connectivity index (χ3n) is 1.37. The van der Waals surface area contributed by atoms with Crippen molar-refractivity contribution in [3.8, 4) is 0 Å². The van der Waals surface area contributed by atoms with Crippen molar-refractivity contribution in [2.75, 3.05) is 17.2 Å². The summed E-state index contributed by atoms with van der Waals surface area (Å²) in [5.41, 5.74) is 5.50. The average Bonchev–Trinajstić information content (AvgIpc) is 1.88. The van der Waals surface area contributed by atoms with Crippen LogP contribution in [0.5, 0.6) is 0 Å². The molecule has 0 saturated heterocycles. The van der Waals surface area contributed by atoms with Gasteiger partial charge >= 0.3 is 0 Å². The molecule has 0 radical (unpaired) electrons. The van der Waals surface area contributed by atoms with Crippen molar-refractivity contribution in [2.45, 2.75) is 12.8 Å². The van der Waals surface area contributed by atoms with Gasteiger partial charge in [0.15, 0.2) is 0 Å². The summed E-state index contributed by atoms with van der Waals surface area (Å²) in [4.78, 5) is 0. The van der Waals surface area contributed by atoms with Crippen molar-refractivity contribution >= 4 is 31.9 Å². The molecule has 2 N–H and O–H groups in total. The number of hydrogen-bond acceptors (Lipinski definition) is 1. The first-order valence-corrected chi connectivity index (χ1v) is 5.41. The summed E-state index contributed by atoms with van der Waals surface area (Å²) < 4.78 is 0. The minimum Gasteiger partial charge on any atom is -0.330 e. The lowest BCUT2D eigenvalue weighted by Crippen LogP contribution is -2.15. The van der Waals surface area contributed by atoms with Crippen LogP contribution >= 0.6 is 31.9 Å². The molecular formula is C6H13Br2N. The van der Waals surface area contributed by atoms with E-state index in [1.54, 1.807) is 0 Å². The molecule has 0 amide bonds. The van der Waals surface area contributed by atoms with Crippen molar-refractivity contribution in [2.24, 2.45) is 11.7 Å². The van der Waals surface area contributed by atoms with E-state index in [1.165, 1.54) is 12.8 Å². The summed E-state index contributed by atoms with van der Waals surface area (Å²) in [5, 5.41) is 2.14. The van der Waals surface area contributed by atoms with Gasteiger partial charge in [-0.3, -0.25) is 0 Å². The molecule has 0 aromatic carbocycles. The van der Waals surface area contributed by atoms with E-state index < -0.39 is 0 Å². The van der Waals surface area contributed by atoms with E-state index >= 15 is 0 Å². The Morgan fingerprint density at radius 3 is 1.78 bits per heavy atom. The van der Waals surface area contributed by atoms with E-state index in [-0.39, 0.29) is 0 Å². The van der Waals surface area contributed by atoms with Crippen molar-refractivity contribution in [3.05, 3.63) is 0 Å². The standard InChI is InChI=1S/C6H13Br2N/c7-3-1-6(5-9)2-4-8/h6H,1-5,9H2. The van der Waals surface area contributed by atoms with Gasteiger partial charge < -0.3 is 5.73 Å². The van der Waals surface area contributed by atoms with Crippen LogP contribution in [0, 0.1) is 5.92 Å². The zero-order valence-corrected chi connectivity index (χ0v) is 8.62. The topological polar surface area (TPSA) is 26.0 Å². The summed E-state index contributed by atoms with van der Waals surface area (Å²) in [6.45, 7) is 0.817. The highest BCUT2D eigenvalue weighted by molar-refractivity contribution is 9.09. The molecular weight excluding hydrogens is 246 g/mol. The van der Waals surface area contributed by atoms with Gasteiger partial charge in [0.25, 0.3) is 0 Å². The smallest absolute Gasteiger partial charge is 0.00344 e. The highest BCUT2D eigenvalue weighted by Gasteiger charge is 2.02. The molecule has 0 aliphatic carbocycles. The monoisotopic (exact) mass is 257 g/mol. The van der Waals surface area contributed by atoms with Crippen molar-refractivity contribution in [3.63, 3.8) is 0 Å². The lowest BCUT2D eigenvalue weighted by Gasteiger charge is -2.09. The number of halogens is 2. The normalized spacial score (nSPS) is 10.7. The minimum absolute atomic E-state index is 0.698. The van der Waals surface area contributed by atoms with E-state index in [0.717, 1.165) is 17.2 Å². The molecule has 0 heterocycles. The van der Waals surface area contributed by atoms with Gasteiger partial charge in [0.05, 0.1) is 0 Å². The molecule has 0 unspecified atom stereocenters. The first-order valence-electron chi connectivity index (χ1n) is 3.17. The van der Waals surface area contributed by atoms with E-state index in [0.29, 0.717) is 5.92 Å². The van der Waals surface area contributed by atoms with E-state index in [1.807, 2.05) is 0 Å². The Bertz CT molecular complexity index is 53.0. The van der Waals surface area contributed by atoms with Gasteiger partial charge in [0.2, 0.25) is 0 Å². The van der Waals surface area contributed by atoms with Crippen LogP contribution in [0.4, 0.5) is 0 Å². The Hall–Kier alpha value is 0.920. The Kier molecular flexibility index (Phi) is 7.75. The van der Waals surface area contributed by atoms with Crippen molar-refractivity contribution in [1.29, 1.82) is 0 Å². The zero-order valence-electron chi connectivity index (χ0n) is 5.45. The maximum Gasteiger partial charge on any atom is 0.00344 e. The average molecular weight is 259 g/mol. The fraction of sp³-hybridized carbons (Fsp3) is 1.00. The Morgan fingerprint density at radius 1 is 1.11 bits per heavy atom. The van der Waals surface area contributed by atoms with Gasteiger partial charge in [0, 0.05) is 10.7 Å². The molecule has 0 rings (SSSR count). The number of hydrogen-bond donors (Lipinski definition) is 1. The van der Waals surface area contributed by atoms with Crippen LogP contribution in [-0.4, -0.2) is 17.2 Å². The van der Waals surface area contributed by atoms with Gasteiger partial charge in [-0.1, -0.05) is 31.9 Å². The third-order valence-corrected chi connectivity index (χ3v) is 2.28. The molecule has 9 heavy (non-hydrogen) atoms. The van der Waals surface area contributed by atoms with Gasteiger partial charge in [0.1, 0.15) is 0 Å². The van der Waals surface area contributed by atoms with Crippen LogP contribution < -0.4 is 5.73 Å². The van der Waals surface area contributed by atoms with Gasteiger partial charge in [-0.2, -0.15) is 0 Å². The number of rotatable bonds is 5. The van der Waals surface area contributed by atoms with Crippen LogP contribution in [0.25, 0.3) is 0 Å². The SMILES string of the molecule is NCC(CCBr)CCBr. The van der Waals surface area contributed by atoms with E-state index in [2.05, 4.69) is 31.9 Å². The van der Waals surface area contributed by atoms with Crippen LogP contribution in [-0.2, 0) is 0 Å². The zero-order chi connectivity index (χ0) is 7.11. The molecule has 0 aliphatic heterocycles. The molecule has 3 heteroatoms. The second-order valence-electron chi connectivity index (χ2n) is 2.06. The van der Waals surface area contributed by atoms with E-state index in [9.17, 15) is 0 Å². The summed E-state index contributed by atoms with van der Waals surface area (Å²) in [5.74, 6) is 0.698. The molecule has 0 aliphatic rings. The molecule has 56 valence electrons. The van der Waals surface area contributed by atoms with Gasteiger partial charge in [-0.25, -0.2) is 0 Å². The molecule has 0 atom stereocenters. The predicted octanol–water partition coefficient (Wildman–Crippen LogP) is 2.13. The summed E-state index contributed by atoms with van der Waals surface area (Å²) in [6.07, 6.45) is 2.39. The Labute approximate surface area is 73.6 Å². The van der Waals surface area contributed by atoms with Gasteiger partial charge in [-0.15, -0.1) is 0 Å². The van der Waals surface area contributed by atoms with Crippen molar-refractivity contribution < 1.29 is 0 Å². The minimum atomic E-state index is 0.698. The second-order valence-corrected chi connectivity index (χ2v) is 3.64. The van der Waals surface area contributed by atoms with Crippen LogP contribution in [0.3, 0.4) is 0 Å². The Balaban J connectivity index is 3.18. The highest BCUT2D eigenvalue weighted by atomic mass is 79.9. The number of nitrogens with two attached hydrogens (primary N) is 1. The first kappa shape index (κ1) is 9.92. The molecule has 1 nitrogen and oxygen atoms in total. The quantitative estimate of drug-likeness (QED) is 0.752. The van der Waals surface area contributed by atoms with E-state index in [4.69, 9.17) is 5.73 Å². The molecule has 0 aromatic heterocycles. The first-order chi connectivity index (χ1) is 4.35. The largest absolute Gasteiger partial charge is 0.330 e. The fourth-order valence-electron chi connectivity index (χ4n) is 0.689. The Morgan fingerprint density at radius 2 is 1.56 bits per heavy atom. The van der Waals surface area contributed by atoms with Crippen molar-refractivity contribution in [1.82, 2.24) is 0 Å². The molecule has 0 fully saturated rings. The lowest BCUT2D eigenvalue weighted by atomic mass is 10.0. The molecule has 0 spiro atoms. The lowest BCUT2D eigenvalue weighted by molar-refractivity contribution is 0.515. The molecule has 0 saturated carbocycles.